The predicted molar refractivity (Wildman–Crippen MR) is 41.2 cm³/mol. The highest BCUT2D eigenvalue weighted by Crippen LogP contribution is 2.29. The lowest BCUT2D eigenvalue weighted by Gasteiger charge is -1.98. The number of thioether (sulfide) groups is 1. The Balaban J connectivity index is 2.88. The molecule has 1 heterocycles. The van der Waals surface area contributed by atoms with Crippen molar-refractivity contribution in [1.82, 2.24) is 0 Å². The van der Waals surface area contributed by atoms with Crippen molar-refractivity contribution in [2.75, 3.05) is 0 Å². The van der Waals surface area contributed by atoms with E-state index in [1.165, 1.54) is 6.92 Å². The second-order valence-corrected chi connectivity index (χ2v) is 3.87. The number of Topliss-reactive ketones (excluding diaryl/α,β-unsaturated/α-hetero) is 2. The normalized spacial score (nSPS) is 31.1. The summed E-state index contributed by atoms with van der Waals surface area (Å²) in [5, 5.41) is -0.633. The van der Waals surface area contributed by atoms with Crippen molar-refractivity contribution in [3.05, 3.63) is 0 Å². The first kappa shape index (κ1) is 8.46. The molecule has 1 rings (SSSR count). The molecule has 1 aliphatic rings. The van der Waals surface area contributed by atoms with Crippen LogP contribution in [-0.2, 0) is 14.4 Å². The van der Waals surface area contributed by atoms with Crippen molar-refractivity contribution >= 4 is 28.4 Å². The van der Waals surface area contributed by atoms with Gasteiger partial charge in [-0.15, -0.1) is 0 Å². The van der Waals surface area contributed by atoms with Crippen molar-refractivity contribution in [3.63, 3.8) is 0 Å². The molecule has 0 N–H and O–H groups in total. The number of hydrogen-bond donors (Lipinski definition) is 0. The maximum absolute atomic E-state index is 11.1. The molecule has 1 saturated heterocycles. The zero-order valence-corrected chi connectivity index (χ0v) is 7.10. The number of ketones is 2. The van der Waals surface area contributed by atoms with E-state index in [2.05, 4.69) is 0 Å². The fourth-order valence-electron chi connectivity index (χ4n) is 1.02. The van der Waals surface area contributed by atoms with Gasteiger partial charge in [0.2, 0.25) is 5.12 Å². The molecule has 0 spiro atoms. The van der Waals surface area contributed by atoms with Crippen LogP contribution in [0.5, 0.6) is 0 Å². The highest BCUT2D eigenvalue weighted by molar-refractivity contribution is 8.15. The summed E-state index contributed by atoms with van der Waals surface area (Å²) in [6, 6.07) is 0. The minimum Gasteiger partial charge on any atom is -0.299 e. The summed E-state index contributed by atoms with van der Waals surface area (Å²) >= 11 is 0.956. The summed E-state index contributed by atoms with van der Waals surface area (Å²) in [6.45, 7) is 2.92. The van der Waals surface area contributed by atoms with Crippen LogP contribution in [-0.4, -0.2) is 21.9 Å². The zero-order chi connectivity index (χ0) is 8.59. The Labute approximate surface area is 68.5 Å². The first-order chi connectivity index (χ1) is 5.04. The quantitative estimate of drug-likeness (QED) is 0.538. The van der Waals surface area contributed by atoms with Gasteiger partial charge in [-0.2, -0.15) is 0 Å². The molecule has 4 heteroatoms. The lowest BCUT2D eigenvalue weighted by Crippen LogP contribution is -2.24. The molecule has 0 aromatic rings. The molecule has 3 nitrogen and oxygen atoms in total. The molecule has 0 bridgehead atoms. The summed E-state index contributed by atoms with van der Waals surface area (Å²) in [5.41, 5.74) is 0. The topological polar surface area (TPSA) is 51.2 Å². The maximum Gasteiger partial charge on any atom is 0.207 e. The van der Waals surface area contributed by atoms with Gasteiger partial charge in [0, 0.05) is 0 Å². The second-order valence-electron chi connectivity index (χ2n) is 2.53. The monoisotopic (exact) mass is 172 g/mol. The molecule has 2 atom stereocenters. The van der Waals surface area contributed by atoms with Gasteiger partial charge in [0.1, 0.15) is 11.7 Å². The summed E-state index contributed by atoms with van der Waals surface area (Å²) in [6.07, 6.45) is 0. The number of carbonyl (C=O) groups excluding carboxylic acids is 3. The highest BCUT2D eigenvalue weighted by atomic mass is 32.2. The van der Waals surface area contributed by atoms with Crippen LogP contribution in [0.2, 0.25) is 0 Å². The number of rotatable bonds is 1. The van der Waals surface area contributed by atoms with E-state index in [1.54, 1.807) is 6.92 Å². The van der Waals surface area contributed by atoms with Crippen molar-refractivity contribution in [1.29, 1.82) is 0 Å². The molecule has 0 aromatic heterocycles. The fourth-order valence-corrected chi connectivity index (χ4v) is 2.04. The minimum atomic E-state index is -0.977. The van der Waals surface area contributed by atoms with Gasteiger partial charge in [-0.05, 0) is 13.8 Å². The Hall–Kier alpha value is -0.640. The van der Waals surface area contributed by atoms with Crippen LogP contribution < -0.4 is 0 Å². The largest absolute Gasteiger partial charge is 0.299 e. The van der Waals surface area contributed by atoms with Gasteiger partial charge in [0.25, 0.3) is 0 Å². The molecule has 0 radical (unpaired) electrons. The van der Waals surface area contributed by atoms with E-state index in [-0.39, 0.29) is 21.9 Å². The van der Waals surface area contributed by atoms with Crippen molar-refractivity contribution in [2.24, 2.45) is 5.92 Å². The molecule has 11 heavy (non-hydrogen) atoms. The molecular weight excluding hydrogens is 164 g/mol. The van der Waals surface area contributed by atoms with Gasteiger partial charge in [-0.25, -0.2) is 0 Å². The van der Waals surface area contributed by atoms with Gasteiger partial charge < -0.3 is 0 Å². The van der Waals surface area contributed by atoms with Crippen LogP contribution in [0.1, 0.15) is 13.8 Å². The minimum absolute atomic E-state index is 0.243. The van der Waals surface area contributed by atoms with Crippen LogP contribution in [0, 0.1) is 5.92 Å². The van der Waals surface area contributed by atoms with Crippen LogP contribution in [0.15, 0.2) is 0 Å². The molecule has 0 aromatic carbocycles. The summed E-state index contributed by atoms with van der Waals surface area (Å²) in [7, 11) is 0. The third-order valence-electron chi connectivity index (χ3n) is 1.62. The molecular formula is C7H8O3S. The van der Waals surface area contributed by atoms with E-state index >= 15 is 0 Å². The number of carbonyl (C=O) groups is 3. The standard InChI is InChI=1S/C7H8O3S/c1-3(8)5-6(9)4(2)11-7(5)10/h4-5H,1-2H3. The maximum atomic E-state index is 11.1. The average Bonchev–Trinajstić information content (AvgIpc) is 2.07. The molecule has 0 saturated carbocycles. The van der Waals surface area contributed by atoms with E-state index in [0.717, 1.165) is 11.8 Å². The third kappa shape index (κ3) is 1.35. The SMILES string of the molecule is CC(=O)C1C(=O)SC(C)C1=O. The Morgan fingerprint density at radius 1 is 1.45 bits per heavy atom. The van der Waals surface area contributed by atoms with Crippen LogP contribution in [0.3, 0.4) is 0 Å². The fraction of sp³-hybridized carbons (Fsp3) is 0.571. The van der Waals surface area contributed by atoms with Gasteiger partial charge >= 0.3 is 0 Å². The third-order valence-corrected chi connectivity index (χ3v) is 2.67. The van der Waals surface area contributed by atoms with Gasteiger partial charge in [0.15, 0.2) is 5.78 Å². The van der Waals surface area contributed by atoms with Gasteiger partial charge in [0.05, 0.1) is 5.25 Å². The van der Waals surface area contributed by atoms with Crippen molar-refractivity contribution < 1.29 is 14.4 Å². The van der Waals surface area contributed by atoms with E-state index in [0.29, 0.717) is 0 Å². The van der Waals surface area contributed by atoms with Crippen LogP contribution >= 0.6 is 11.8 Å². The highest BCUT2D eigenvalue weighted by Gasteiger charge is 2.42. The lowest BCUT2D eigenvalue weighted by atomic mass is 10.0. The average molecular weight is 172 g/mol. The van der Waals surface area contributed by atoms with Gasteiger partial charge in [-0.3, -0.25) is 14.4 Å². The smallest absolute Gasteiger partial charge is 0.207 e. The van der Waals surface area contributed by atoms with Gasteiger partial charge in [-0.1, -0.05) is 11.8 Å². The Kier molecular flexibility index (Phi) is 2.13. The molecule has 0 aliphatic carbocycles. The molecule has 1 aliphatic heterocycles. The van der Waals surface area contributed by atoms with Crippen LogP contribution in [0.25, 0.3) is 0 Å². The first-order valence-corrected chi connectivity index (χ1v) is 4.16. The lowest BCUT2D eigenvalue weighted by molar-refractivity contribution is -0.134. The summed E-state index contributed by atoms with van der Waals surface area (Å²) in [4.78, 5) is 32.8. The Bertz CT molecular complexity index is 234. The number of hydrogen-bond acceptors (Lipinski definition) is 4. The molecule has 60 valence electrons. The second kappa shape index (κ2) is 2.77. The molecule has 2 unspecified atom stereocenters. The van der Waals surface area contributed by atoms with E-state index < -0.39 is 5.92 Å². The zero-order valence-electron chi connectivity index (χ0n) is 6.29. The molecule has 0 amide bonds. The first-order valence-electron chi connectivity index (χ1n) is 3.28. The predicted octanol–water partition coefficient (Wildman–Crippen LogP) is 0.423. The van der Waals surface area contributed by atoms with Crippen molar-refractivity contribution in [2.45, 2.75) is 19.1 Å². The molecule has 1 fully saturated rings. The van der Waals surface area contributed by atoms with Crippen LogP contribution in [0.4, 0.5) is 0 Å². The summed E-state index contributed by atoms with van der Waals surface area (Å²) < 4.78 is 0. The van der Waals surface area contributed by atoms with E-state index in [4.69, 9.17) is 0 Å². The van der Waals surface area contributed by atoms with Crippen molar-refractivity contribution in [3.8, 4) is 0 Å². The summed E-state index contributed by atoms with van der Waals surface area (Å²) in [5.74, 6) is -1.56. The Morgan fingerprint density at radius 2 is 2.00 bits per heavy atom. The van der Waals surface area contributed by atoms with E-state index in [1.807, 2.05) is 0 Å². The van der Waals surface area contributed by atoms with E-state index in [9.17, 15) is 14.4 Å². The Morgan fingerprint density at radius 3 is 2.18 bits per heavy atom.